The highest BCUT2D eigenvalue weighted by Gasteiger charge is 2.36. The molecule has 3 atom stereocenters. The maximum Gasteiger partial charge on any atom is 0.0277 e. The Morgan fingerprint density at radius 3 is 2.25 bits per heavy atom. The molecule has 0 saturated carbocycles. The van der Waals surface area contributed by atoms with Gasteiger partial charge in [0.05, 0.1) is 0 Å². The highest BCUT2D eigenvalue weighted by Crippen LogP contribution is 2.28. The van der Waals surface area contributed by atoms with Crippen LogP contribution in [0.25, 0.3) is 0 Å². The van der Waals surface area contributed by atoms with Crippen molar-refractivity contribution >= 4 is 0 Å². The van der Waals surface area contributed by atoms with Gasteiger partial charge in [-0.2, -0.15) is 0 Å². The van der Waals surface area contributed by atoms with Gasteiger partial charge in [-0.25, -0.2) is 0 Å². The molecule has 2 aliphatic heterocycles. The summed E-state index contributed by atoms with van der Waals surface area (Å²) in [5, 5.41) is 7.21. The summed E-state index contributed by atoms with van der Waals surface area (Å²) < 4.78 is 0. The predicted molar refractivity (Wildman–Crippen MR) is 105 cm³/mol. The third kappa shape index (κ3) is 5.17. The smallest absolute Gasteiger partial charge is 0.0277 e. The minimum absolute atomic E-state index is 0.249. The molecule has 2 fully saturated rings. The van der Waals surface area contributed by atoms with E-state index in [1.807, 2.05) is 0 Å². The van der Waals surface area contributed by atoms with Gasteiger partial charge < -0.3 is 10.6 Å². The third-order valence-corrected chi connectivity index (χ3v) is 6.37. The number of hydrogen-bond acceptors (Lipinski definition) is 4. The highest BCUT2D eigenvalue weighted by molar-refractivity contribution is 4.93. The van der Waals surface area contributed by atoms with Gasteiger partial charge in [-0.1, -0.05) is 0 Å². The average Bonchev–Trinajstić information content (AvgIpc) is 3.14. The van der Waals surface area contributed by atoms with E-state index in [1.54, 1.807) is 0 Å². The van der Waals surface area contributed by atoms with Crippen molar-refractivity contribution in [3.8, 4) is 0 Å². The summed E-state index contributed by atoms with van der Waals surface area (Å²) in [6.07, 6.45) is 2.67. The maximum atomic E-state index is 3.88. The molecule has 2 N–H and O–H groups in total. The fourth-order valence-corrected chi connectivity index (χ4v) is 4.33. The van der Waals surface area contributed by atoms with Crippen molar-refractivity contribution in [3.63, 3.8) is 0 Å². The van der Waals surface area contributed by atoms with Crippen LogP contribution in [0.2, 0.25) is 0 Å². The van der Waals surface area contributed by atoms with Gasteiger partial charge in [-0.15, -0.1) is 0 Å². The van der Waals surface area contributed by atoms with E-state index in [1.165, 1.54) is 39.0 Å². The van der Waals surface area contributed by atoms with Crippen LogP contribution in [0, 0.1) is 11.8 Å². The van der Waals surface area contributed by atoms with E-state index in [2.05, 4.69) is 69.0 Å². The van der Waals surface area contributed by atoms with E-state index < -0.39 is 0 Å². The molecule has 0 spiro atoms. The first-order valence-electron chi connectivity index (χ1n) is 10.0. The van der Waals surface area contributed by atoms with Gasteiger partial charge in [0, 0.05) is 36.8 Å². The van der Waals surface area contributed by atoms with Gasteiger partial charge >= 0.3 is 0 Å². The summed E-state index contributed by atoms with van der Waals surface area (Å²) in [6.45, 7) is 21.4. The van der Waals surface area contributed by atoms with Crippen molar-refractivity contribution in [1.82, 2.24) is 20.4 Å². The molecule has 24 heavy (non-hydrogen) atoms. The second-order valence-electron chi connectivity index (χ2n) is 9.81. The molecule has 0 aromatic carbocycles. The Labute approximate surface area is 150 Å². The molecule has 2 heterocycles. The lowest BCUT2D eigenvalue weighted by Gasteiger charge is -2.38. The molecule has 2 rings (SSSR count). The van der Waals surface area contributed by atoms with Crippen LogP contribution in [0.15, 0.2) is 0 Å². The predicted octanol–water partition coefficient (Wildman–Crippen LogP) is 2.40. The molecule has 2 saturated heterocycles. The first kappa shape index (κ1) is 20.2. The van der Waals surface area contributed by atoms with Gasteiger partial charge in [0.25, 0.3) is 0 Å². The van der Waals surface area contributed by atoms with E-state index in [-0.39, 0.29) is 5.54 Å². The molecule has 2 aliphatic rings. The van der Waals surface area contributed by atoms with E-state index in [4.69, 9.17) is 0 Å². The van der Waals surface area contributed by atoms with E-state index in [0.29, 0.717) is 11.6 Å². The molecular formula is C20H42N4. The minimum Gasteiger partial charge on any atom is -0.319 e. The van der Waals surface area contributed by atoms with Crippen LogP contribution < -0.4 is 10.6 Å². The van der Waals surface area contributed by atoms with Gasteiger partial charge in [-0.3, -0.25) is 9.80 Å². The lowest BCUT2D eigenvalue weighted by molar-refractivity contribution is 0.135. The number of likely N-dealkylation sites (tertiary alicyclic amines) is 2. The normalized spacial score (nSPS) is 28.6. The van der Waals surface area contributed by atoms with Crippen LogP contribution in [0.1, 0.15) is 54.4 Å². The molecule has 4 heteroatoms. The Morgan fingerprint density at radius 2 is 1.67 bits per heavy atom. The van der Waals surface area contributed by atoms with Gasteiger partial charge in [0.2, 0.25) is 0 Å². The fourth-order valence-electron chi connectivity index (χ4n) is 4.33. The Morgan fingerprint density at radius 1 is 1.00 bits per heavy atom. The maximum absolute atomic E-state index is 3.88. The van der Waals surface area contributed by atoms with Crippen LogP contribution in [0.4, 0.5) is 0 Å². The van der Waals surface area contributed by atoms with Crippen molar-refractivity contribution in [2.75, 3.05) is 46.3 Å². The standard InChI is InChI=1S/C20H42N4/c1-16(18-9-11-23(14-18)19(2,3)4)22-15-20(5,6)24-10-8-17(13-24)12-21-7/h16-18,21-22H,8-15H2,1-7H3/t16-,17?,18+/m0/s1. The van der Waals surface area contributed by atoms with Crippen LogP contribution >= 0.6 is 0 Å². The first-order valence-corrected chi connectivity index (χ1v) is 10.0. The first-order chi connectivity index (χ1) is 11.1. The molecular weight excluding hydrogens is 296 g/mol. The molecule has 4 nitrogen and oxygen atoms in total. The lowest BCUT2D eigenvalue weighted by Crippen LogP contribution is -2.52. The van der Waals surface area contributed by atoms with Gasteiger partial charge in [0.1, 0.15) is 0 Å². The number of rotatable bonds is 7. The summed E-state index contributed by atoms with van der Waals surface area (Å²) in [7, 11) is 2.07. The topological polar surface area (TPSA) is 30.5 Å². The van der Waals surface area contributed by atoms with Crippen LogP contribution in [-0.2, 0) is 0 Å². The quantitative estimate of drug-likeness (QED) is 0.746. The largest absolute Gasteiger partial charge is 0.319 e. The van der Waals surface area contributed by atoms with Gasteiger partial charge in [-0.05, 0) is 92.9 Å². The van der Waals surface area contributed by atoms with Crippen LogP contribution in [0.3, 0.4) is 0 Å². The van der Waals surface area contributed by atoms with Crippen LogP contribution in [0.5, 0.6) is 0 Å². The molecule has 1 unspecified atom stereocenters. The van der Waals surface area contributed by atoms with Crippen LogP contribution in [-0.4, -0.2) is 73.2 Å². The molecule has 0 aliphatic carbocycles. The number of nitrogens with zero attached hydrogens (tertiary/aromatic N) is 2. The second-order valence-corrected chi connectivity index (χ2v) is 9.81. The highest BCUT2D eigenvalue weighted by atomic mass is 15.2. The van der Waals surface area contributed by atoms with Crippen molar-refractivity contribution < 1.29 is 0 Å². The monoisotopic (exact) mass is 338 g/mol. The summed E-state index contributed by atoms with van der Waals surface area (Å²) in [5.74, 6) is 1.61. The van der Waals surface area contributed by atoms with Crippen molar-refractivity contribution in [3.05, 3.63) is 0 Å². The zero-order valence-corrected chi connectivity index (χ0v) is 17.3. The second kappa shape index (κ2) is 8.03. The molecule has 0 amide bonds. The Hall–Kier alpha value is -0.160. The average molecular weight is 339 g/mol. The lowest BCUT2D eigenvalue weighted by atomic mass is 9.97. The van der Waals surface area contributed by atoms with Gasteiger partial charge in [0.15, 0.2) is 0 Å². The zero-order chi connectivity index (χ0) is 18.0. The number of nitrogens with one attached hydrogen (secondary N) is 2. The SMILES string of the molecule is CNCC1CCN(C(C)(C)CN[C@@H](C)[C@@H]2CCN(C(C)(C)C)C2)C1. The molecule has 0 aromatic rings. The third-order valence-electron chi connectivity index (χ3n) is 6.37. The Bertz CT molecular complexity index is 388. The Kier molecular flexibility index (Phi) is 6.74. The summed E-state index contributed by atoms with van der Waals surface area (Å²) in [6, 6.07) is 0.604. The summed E-state index contributed by atoms with van der Waals surface area (Å²) in [5.41, 5.74) is 0.560. The molecule has 142 valence electrons. The zero-order valence-electron chi connectivity index (χ0n) is 17.3. The van der Waals surface area contributed by atoms with Crippen molar-refractivity contribution in [1.29, 1.82) is 0 Å². The molecule has 0 radical (unpaired) electrons. The van der Waals surface area contributed by atoms with E-state index >= 15 is 0 Å². The minimum atomic E-state index is 0.249. The summed E-state index contributed by atoms with van der Waals surface area (Å²) in [4.78, 5) is 5.33. The number of hydrogen-bond donors (Lipinski definition) is 2. The van der Waals surface area contributed by atoms with Crippen molar-refractivity contribution in [2.45, 2.75) is 71.5 Å². The molecule has 0 aromatic heterocycles. The fraction of sp³-hybridized carbons (Fsp3) is 1.00. The summed E-state index contributed by atoms with van der Waals surface area (Å²) >= 11 is 0. The Balaban J connectivity index is 1.78. The van der Waals surface area contributed by atoms with E-state index in [0.717, 1.165) is 24.9 Å². The van der Waals surface area contributed by atoms with Crippen molar-refractivity contribution in [2.24, 2.45) is 11.8 Å². The molecule has 0 bridgehead atoms. The van der Waals surface area contributed by atoms with E-state index in [9.17, 15) is 0 Å².